The maximum Gasteiger partial charge on any atom is 0.311 e. The summed E-state index contributed by atoms with van der Waals surface area (Å²) >= 11 is 0. The third-order valence-corrected chi connectivity index (χ3v) is 3.29. The third-order valence-electron chi connectivity index (χ3n) is 3.29. The molecule has 100 valence electrons. The highest BCUT2D eigenvalue weighted by atomic mass is 16.5. The zero-order valence-corrected chi connectivity index (χ0v) is 11.5. The molecule has 0 spiro atoms. The summed E-state index contributed by atoms with van der Waals surface area (Å²) < 4.78 is 5.22. The fourth-order valence-electron chi connectivity index (χ4n) is 2.23. The SMILES string of the molecule is COC[C@H](C(C(=O)O)c1ccccc1)C(C)(C)C. The average Bonchev–Trinajstić information content (AvgIpc) is 2.28. The number of rotatable bonds is 5. The smallest absolute Gasteiger partial charge is 0.311 e. The van der Waals surface area contributed by atoms with E-state index >= 15 is 0 Å². The van der Waals surface area contributed by atoms with Crippen LogP contribution in [0.5, 0.6) is 0 Å². The highest BCUT2D eigenvalue weighted by Gasteiger charge is 2.37. The van der Waals surface area contributed by atoms with Crippen LogP contribution >= 0.6 is 0 Å². The largest absolute Gasteiger partial charge is 0.481 e. The van der Waals surface area contributed by atoms with Gasteiger partial charge in [-0.3, -0.25) is 4.79 Å². The lowest BCUT2D eigenvalue weighted by molar-refractivity contribution is -0.142. The van der Waals surface area contributed by atoms with Gasteiger partial charge in [-0.25, -0.2) is 0 Å². The van der Waals surface area contributed by atoms with Crippen molar-refractivity contribution < 1.29 is 14.6 Å². The Bertz CT molecular complexity index is 378. The van der Waals surface area contributed by atoms with Crippen molar-refractivity contribution in [2.24, 2.45) is 11.3 Å². The van der Waals surface area contributed by atoms with E-state index in [0.717, 1.165) is 5.56 Å². The van der Waals surface area contributed by atoms with E-state index < -0.39 is 11.9 Å². The minimum atomic E-state index is -0.793. The summed E-state index contributed by atoms with van der Waals surface area (Å²) in [5.74, 6) is -1.40. The van der Waals surface area contributed by atoms with Gasteiger partial charge in [0.05, 0.1) is 12.5 Å². The monoisotopic (exact) mass is 250 g/mol. The van der Waals surface area contributed by atoms with Gasteiger partial charge < -0.3 is 9.84 Å². The minimum absolute atomic E-state index is 0.0672. The first-order valence-corrected chi connectivity index (χ1v) is 6.14. The van der Waals surface area contributed by atoms with Crippen LogP contribution in [0.2, 0.25) is 0 Å². The van der Waals surface area contributed by atoms with Crippen molar-refractivity contribution in [3.05, 3.63) is 35.9 Å². The molecule has 0 aromatic heterocycles. The summed E-state index contributed by atoms with van der Waals surface area (Å²) in [6.45, 7) is 6.59. The van der Waals surface area contributed by atoms with Crippen LogP contribution < -0.4 is 0 Å². The van der Waals surface area contributed by atoms with E-state index in [1.165, 1.54) is 0 Å². The second kappa shape index (κ2) is 6.01. The first-order valence-electron chi connectivity index (χ1n) is 6.14. The second-order valence-electron chi connectivity index (χ2n) is 5.65. The van der Waals surface area contributed by atoms with Gasteiger partial charge in [0.15, 0.2) is 0 Å². The molecule has 0 heterocycles. The molecule has 0 saturated heterocycles. The second-order valence-corrected chi connectivity index (χ2v) is 5.65. The predicted octanol–water partition coefficient (Wildman–Crippen LogP) is 3.16. The fourth-order valence-corrected chi connectivity index (χ4v) is 2.23. The molecule has 18 heavy (non-hydrogen) atoms. The van der Waals surface area contributed by atoms with Crippen LogP contribution in [0.4, 0.5) is 0 Å². The van der Waals surface area contributed by atoms with Gasteiger partial charge in [-0.1, -0.05) is 51.1 Å². The molecule has 3 heteroatoms. The normalized spacial score (nSPS) is 15.1. The molecule has 0 bridgehead atoms. The number of ether oxygens (including phenoxy) is 1. The predicted molar refractivity (Wildman–Crippen MR) is 71.6 cm³/mol. The Kier molecular flexibility index (Phi) is 4.91. The van der Waals surface area contributed by atoms with Crippen LogP contribution in [0.15, 0.2) is 30.3 Å². The molecule has 0 aliphatic rings. The van der Waals surface area contributed by atoms with Crippen LogP contribution in [0.1, 0.15) is 32.3 Å². The quantitative estimate of drug-likeness (QED) is 0.873. The van der Waals surface area contributed by atoms with Crippen molar-refractivity contribution in [3.63, 3.8) is 0 Å². The summed E-state index contributed by atoms with van der Waals surface area (Å²) in [6, 6.07) is 9.38. The van der Waals surface area contributed by atoms with E-state index in [-0.39, 0.29) is 11.3 Å². The summed E-state index contributed by atoms with van der Waals surface area (Å²) in [7, 11) is 1.61. The maximum absolute atomic E-state index is 11.6. The van der Waals surface area contributed by atoms with E-state index in [9.17, 15) is 9.90 Å². The lowest BCUT2D eigenvalue weighted by Crippen LogP contribution is -2.34. The highest BCUT2D eigenvalue weighted by Crippen LogP contribution is 2.38. The van der Waals surface area contributed by atoms with Crippen LogP contribution in [0.3, 0.4) is 0 Å². The maximum atomic E-state index is 11.6. The third kappa shape index (κ3) is 3.57. The van der Waals surface area contributed by atoms with Crippen molar-refractivity contribution in [1.29, 1.82) is 0 Å². The van der Waals surface area contributed by atoms with Gasteiger partial charge in [-0.15, -0.1) is 0 Å². The van der Waals surface area contributed by atoms with Crippen LogP contribution in [-0.4, -0.2) is 24.8 Å². The van der Waals surface area contributed by atoms with Crippen LogP contribution in [0.25, 0.3) is 0 Å². The number of hydrogen-bond donors (Lipinski definition) is 1. The fraction of sp³-hybridized carbons (Fsp3) is 0.533. The van der Waals surface area contributed by atoms with Gasteiger partial charge in [0.1, 0.15) is 0 Å². The molecule has 3 nitrogen and oxygen atoms in total. The number of carbonyl (C=O) groups is 1. The van der Waals surface area contributed by atoms with Crippen LogP contribution in [-0.2, 0) is 9.53 Å². The van der Waals surface area contributed by atoms with Crippen LogP contribution in [0, 0.1) is 11.3 Å². The number of aliphatic carboxylic acids is 1. The lowest BCUT2D eigenvalue weighted by atomic mass is 9.71. The summed E-state index contributed by atoms with van der Waals surface area (Å²) in [6.07, 6.45) is 0. The van der Waals surface area contributed by atoms with Crippen molar-refractivity contribution in [2.75, 3.05) is 13.7 Å². The van der Waals surface area contributed by atoms with E-state index in [1.807, 2.05) is 30.3 Å². The van der Waals surface area contributed by atoms with Gasteiger partial charge in [-0.05, 0) is 11.0 Å². The molecule has 0 aliphatic heterocycles. The average molecular weight is 250 g/mol. The Morgan fingerprint density at radius 3 is 2.22 bits per heavy atom. The zero-order valence-electron chi connectivity index (χ0n) is 11.5. The topological polar surface area (TPSA) is 46.5 Å². The van der Waals surface area contributed by atoms with Crippen molar-refractivity contribution in [2.45, 2.75) is 26.7 Å². The molecule has 1 aromatic carbocycles. The Morgan fingerprint density at radius 2 is 1.83 bits per heavy atom. The van der Waals surface area contributed by atoms with Crippen molar-refractivity contribution in [3.8, 4) is 0 Å². The minimum Gasteiger partial charge on any atom is -0.481 e. The van der Waals surface area contributed by atoms with Gasteiger partial charge in [0.2, 0.25) is 0 Å². The van der Waals surface area contributed by atoms with E-state index in [4.69, 9.17) is 4.74 Å². The number of benzene rings is 1. The summed E-state index contributed by atoms with van der Waals surface area (Å²) in [5.41, 5.74) is 0.705. The summed E-state index contributed by atoms with van der Waals surface area (Å²) in [5, 5.41) is 9.53. The van der Waals surface area contributed by atoms with E-state index in [2.05, 4.69) is 20.8 Å². The number of hydrogen-bond acceptors (Lipinski definition) is 2. The molecule has 2 atom stereocenters. The molecule has 0 saturated carbocycles. The first-order chi connectivity index (χ1) is 8.38. The van der Waals surface area contributed by atoms with E-state index in [1.54, 1.807) is 7.11 Å². The zero-order chi connectivity index (χ0) is 13.8. The number of carboxylic acid groups (broad SMARTS) is 1. The van der Waals surface area contributed by atoms with Gasteiger partial charge in [0, 0.05) is 13.0 Å². The molecular formula is C15H22O3. The standard InChI is InChI=1S/C15H22O3/c1-15(2,3)12(10-18-4)13(14(16)17)11-8-6-5-7-9-11/h5-9,12-13H,10H2,1-4H3,(H,16,17)/t12-,13?/m1/s1. The molecule has 1 N–H and O–H groups in total. The Balaban J connectivity index is 3.14. The molecule has 1 unspecified atom stereocenters. The molecule has 0 fully saturated rings. The van der Waals surface area contributed by atoms with Crippen molar-refractivity contribution in [1.82, 2.24) is 0 Å². The first kappa shape index (κ1) is 14.7. The lowest BCUT2D eigenvalue weighted by Gasteiger charge is -2.34. The van der Waals surface area contributed by atoms with E-state index in [0.29, 0.717) is 6.61 Å². The Hall–Kier alpha value is -1.35. The summed E-state index contributed by atoms with van der Waals surface area (Å²) in [4.78, 5) is 11.6. The molecular weight excluding hydrogens is 228 g/mol. The number of carboxylic acids is 1. The van der Waals surface area contributed by atoms with Gasteiger partial charge in [-0.2, -0.15) is 0 Å². The van der Waals surface area contributed by atoms with Crippen molar-refractivity contribution >= 4 is 5.97 Å². The van der Waals surface area contributed by atoms with Gasteiger partial charge >= 0.3 is 5.97 Å². The molecule has 1 rings (SSSR count). The van der Waals surface area contributed by atoms with Gasteiger partial charge in [0.25, 0.3) is 0 Å². The molecule has 0 radical (unpaired) electrons. The molecule has 0 amide bonds. The Labute approximate surface area is 109 Å². The molecule has 1 aromatic rings. The highest BCUT2D eigenvalue weighted by molar-refractivity contribution is 5.76. The number of methoxy groups -OCH3 is 1. The Morgan fingerprint density at radius 1 is 1.28 bits per heavy atom. The molecule has 0 aliphatic carbocycles.